The first-order valence-electron chi connectivity index (χ1n) is 11.6. The van der Waals surface area contributed by atoms with E-state index in [1.165, 1.54) is 4.90 Å². The van der Waals surface area contributed by atoms with E-state index in [0.29, 0.717) is 34.4 Å². The zero-order valence-electron chi connectivity index (χ0n) is 20.5. The molecule has 0 unspecified atom stereocenters. The number of para-hydroxylation sites is 1. The van der Waals surface area contributed by atoms with Crippen LogP contribution in [-0.2, 0) is 16.6 Å². The Morgan fingerprint density at radius 1 is 0.895 bits per heavy atom. The number of carbonyl (C=O) groups is 2. The lowest BCUT2D eigenvalue weighted by molar-refractivity contribution is -0.122. The number of hydrogen-bond donors (Lipinski definition) is 1. The first-order valence-corrected chi connectivity index (χ1v) is 12.8. The predicted molar refractivity (Wildman–Crippen MR) is 154 cm³/mol. The maximum absolute atomic E-state index is 13.6. The van der Waals surface area contributed by atoms with Crippen LogP contribution in [0.1, 0.15) is 11.1 Å². The second-order valence-electron chi connectivity index (χ2n) is 8.57. The maximum atomic E-state index is 13.6. The van der Waals surface area contributed by atoms with Gasteiger partial charge in [0.1, 0.15) is 22.8 Å². The number of aromatic nitrogens is 1. The van der Waals surface area contributed by atoms with E-state index < -0.39 is 11.8 Å². The first kappa shape index (κ1) is 25.4. The minimum absolute atomic E-state index is 0.00395. The van der Waals surface area contributed by atoms with Crippen LogP contribution in [-0.4, -0.2) is 21.5 Å². The number of rotatable bonds is 6. The summed E-state index contributed by atoms with van der Waals surface area (Å²) in [6.07, 6.45) is 3.42. The topological polar surface area (TPSA) is 72.8 Å². The molecule has 9 heteroatoms. The molecule has 7 nitrogen and oxygen atoms in total. The van der Waals surface area contributed by atoms with Gasteiger partial charge in [0.25, 0.3) is 11.8 Å². The van der Waals surface area contributed by atoms with Crippen molar-refractivity contribution < 1.29 is 19.1 Å². The molecule has 1 aliphatic heterocycles. The third-order valence-electron chi connectivity index (χ3n) is 5.84. The lowest BCUT2D eigenvalue weighted by atomic mass is 10.1. The van der Waals surface area contributed by atoms with Gasteiger partial charge in [0.15, 0.2) is 5.11 Å². The van der Waals surface area contributed by atoms with Gasteiger partial charge in [-0.2, -0.15) is 0 Å². The third kappa shape index (κ3) is 5.25. The van der Waals surface area contributed by atoms with Crippen LogP contribution in [0.3, 0.4) is 0 Å². The van der Waals surface area contributed by atoms with Gasteiger partial charge in [-0.3, -0.25) is 19.8 Å². The quantitative estimate of drug-likeness (QED) is 0.158. The number of anilines is 1. The Morgan fingerprint density at radius 3 is 2.29 bits per heavy atom. The molecule has 0 radical (unpaired) electrons. The molecule has 1 aliphatic rings. The summed E-state index contributed by atoms with van der Waals surface area (Å²) in [5.41, 5.74) is 1.90. The summed E-state index contributed by atoms with van der Waals surface area (Å²) in [5, 5.41) is 2.63. The van der Waals surface area contributed by atoms with Gasteiger partial charge in [0.2, 0.25) is 5.88 Å². The number of nitrogens with one attached hydrogen (secondary N) is 1. The molecule has 2 heterocycles. The Hall–Kier alpha value is -4.21. The van der Waals surface area contributed by atoms with E-state index in [2.05, 4.69) is 21.2 Å². The van der Waals surface area contributed by atoms with Gasteiger partial charge in [-0.1, -0.05) is 40.2 Å². The molecule has 0 saturated carbocycles. The maximum Gasteiger partial charge on any atom is 0.270 e. The fourth-order valence-electron chi connectivity index (χ4n) is 4.05. The molecule has 3 aromatic carbocycles. The largest absolute Gasteiger partial charge is 0.457 e. The fraction of sp³-hybridized carbons (Fsp3) is 0.0690. The number of aryl methyl sites for hydroxylation is 2. The fourth-order valence-corrected chi connectivity index (χ4v) is 4.71. The molecular weight excluding hydrogens is 566 g/mol. The van der Waals surface area contributed by atoms with Crippen LogP contribution in [0.25, 0.3) is 6.08 Å². The molecule has 0 spiro atoms. The van der Waals surface area contributed by atoms with E-state index in [9.17, 15) is 9.59 Å². The number of halogens is 1. The number of thiocarbonyl (C=S) groups is 1. The number of carbonyl (C=O) groups excluding carboxylic acids is 2. The van der Waals surface area contributed by atoms with Gasteiger partial charge in [-0.25, -0.2) is 0 Å². The van der Waals surface area contributed by atoms with Crippen molar-refractivity contribution in [1.29, 1.82) is 0 Å². The highest BCUT2D eigenvalue weighted by atomic mass is 79.9. The number of hydrogen-bond acceptors (Lipinski definition) is 5. The van der Waals surface area contributed by atoms with Crippen molar-refractivity contribution in [2.75, 3.05) is 4.90 Å². The Labute approximate surface area is 233 Å². The van der Waals surface area contributed by atoms with E-state index in [4.69, 9.17) is 21.7 Å². The van der Waals surface area contributed by atoms with Crippen molar-refractivity contribution in [3.05, 3.63) is 106 Å². The van der Waals surface area contributed by atoms with Crippen LogP contribution in [0.5, 0.6) is 23.1 Å². The third-order valence-corrected chi connectivity index (χ3v) is 6.62. The molecule has 1 fully saturated rings. The van der Waals surface area contributed by atoms with Gasteiger partial charge in [0.05, 0.1) is 5.69 Å². The Morgan fingerprint density at radius 2 is 1.58 bits per heavy atom. The standard InChI is InChI=1S/C29H22BrN3O4S/c1-18-17-32(2)28(37-23-10-6-7-19(30)15-23)24(18)16-25-26(34)31-29(38)33(27(25)35)20-11-13-22(14-12-20)36-21-8-4-3-5-9-21/h3-17H,1-2H3,(H,31,34,38)/b25-16+. The highest BCUT2D eigenvalue weighted by molar-refractivity contribution is 9.10. The normalized spacial score (nSPS) is 14.6. The van der Waals surface area contributed by atoms with Crippen LogP contribution < -0.4 is 19.7 Å². The molecule has 1 N–H and O–H groups in total. The molecule has 5 rings (SSSR count). The van der Waals surface area contributed by atoms with E-state index in [1.807, 2.05) is 79.3 Å². The molecular formula is C29H22BrN3O4S. The molecule has 0 atom stereocenters. The summed E-state index contributed by atoms with van der Waals surface area (Å²) in [7, 11) is 1.84. The van der Waals surface area contributed by atoms with Crippen molar-refractivity contribution >= 4 is 56.8 Å². The highest BCUT2D eigenvalue weighted by Crippen LogP contribution is 2.33. The van der Waals surface area contributed by atoms with E-state index in [0.717, 1.165) is 10.0 Å². The lowest BCUT2D eigenvalue weighted by Gasteiger charge is -2.29. The second-order valence-corrected chi connectivity index (χ2v) is 9.87. The molecule has 0 aliphatic carbocycles. The van der Waals surface area contributed by atoms with Gasteiger partial charge >= 0.3 is 0 Å². The smallest absolute Gasteiger partial charge is 0.270 e. The number of ether oxygens (including phenoxy) is 2. The van der Waals surface area contributed by atoms with Crippen LogP contribution in [0.4, 0.5) is 5.69 Å². The molecule has 2 amide bonds. The lowest BCUT2D eigenvalue weighted by Crippen LogP contribution is -2.54. The highest BCUT2D eigenvalue weighted by Gasteiger charge is 2.35. The summed E-state index contributed by atoms with van der Waals surface area (Å²) in [5.74, 6) is 1.30. The SMILES string of the molecule is Cc1cn(C)c(Oc2cccc(Br)c2)c1/C=C1\C(=O)NC(=S)N(c2ccc(Oc3ccccc3)cc2)C1=O. The Bertz CT molecular complexity index is 1580. The molecule has 4 aromatic rings. The minimum Gasteiger partial charge on any atom is -0.457 e. The minimum atomic E-state index is -0.572. The van der Waals surface area contributed by atoms with E-state index >= 15 is 0 Å². The second kappa shape index (κ2) is 10.6. The van der Waals surface area contributed by atoms with Crippen LogP contribution in [0, 0.1) is 6.92 Å². The predicted octanol–water partition coefficient (Wildman–Crippen LogP) is 6.51. The average Bonchev–Trinajstić information content (AvgIpc) is 3.15. The molecule has 0 bridgehead atoms. The number of amides is 2. The number of benzene rings is 3. The van der Waals surface area contributed by atoms with E-state index in [-0.39, 0.29) is 10.7 Å². The van der Waals surface area contributed by atoms with Crippen molar-refractivity contribution in [2.24, 2.45) is 7.05 Å². The summed E-state index contributed by atoms with van der Waals surface area (Å²) in [6, 6.07) is 23.7. The zero-order valence-corrected chi connectivity index (χ0v) is 22.9. The Balaban J connectivity index is 1.45. The van der Waals surface area contributed by atoms with Crippen molar-refractivity contribution in [2.45, 2.75) is 6.92 Å². The van der Waals surface area contributed by atoms with Gasteiger partial charge < -0.3 is 14.0 Å². The van der Waals surface area contributed by atoms with Crippen LogP contribution >= 0.6 is 28.1 Å². The average molecular weight is 588 g/mol. The summed E-state index contributed by atoms with van der Waals surface area (Å²) in [4.78, 5) is 27.8. The van der Waals surface area contributed by atoms with Gasteiger partial charge in [0, 0.05) is 23.3 Å². The molecule has 190 valence electrons. The van der Waals surface area contributed by atoms with Crippen molar-refractivity contribution in [1.82, 2.24) is 9.88 Å². The van der Waals surface area contributed by atoms with Crippen LogP contribution in [0.15, 0.2) is 95.1 Å². The van der Waals surface area contributed by atoms with Gasteiger partial charge in [-0.05, 0) is 85.4 Å². The van der Waals surface area contributed by atoms with Crippen molar-refractivity contribution in [3.63, 3.8) is 0 Å². The monoisotopic (exact) mass is 587 g/mol. The van der Waals surface area contributed by atoms with Crippen molar-refractivity contribution in [3.8, 4) is 23.1 Å². The summed E-state index contributed by atoms with van der Waals surface area (Å²) >= 11 is 8.80. The molecule has 38 heavy (non-hydrogen) atoms. The van der Waals surface area contributed by atoms with E-state index in [1.54, 1.807) is 30.3 Å². The molecule has 1 saturated heterocycles. The Kier molecular flexibility index (Phi) is 7.13. The zero-order chi connectivity index (χ0) is 26.8. The van der Waals surface area contributed by atoms with Crippen LogP contribution in [0.2, 0.25) is 0 Å². The summed E-state index contributed by atoms with van der Waals surface area (Å²) in [6.45, 7) is 1.89. The first-order chi connectivity index (χ1) is 18.3. The molecule has 1 aromatic heterocycles. The number of nitrogens with zero attached hydrogens (tertiary/aromatic N) is 2. The summed E-state index contributed by atoms with van der Waals surface area (Å²) < 4.78 is 14.7. The van der Waals surface area contributed by atoms with Gasteiger partial charge in [-0.15, -0.1) is 0 Å².